The Balaban J connectivity index is 0.000000401. The Morgan fingerprint density at radius 1 is 1.12 bits per heavy atom. The number of nitriles is 1. The fourth-order valence-corrected chi connectivity index (χ4v) is 2.17. The minimum absolute atomic E-state index is 0.0833. The van der Waals surface area contributed by atoms with Gasteiger partial charge in [0, 0.05) is 24.3 Å². The van der Waals surface area contributed by atoms with Crippen molar-refractivity contribution in [3.63, 3.8) is 0 Å². The molecule has 0 atom stereocenters. The van der Waals surface area contributed by atoms with Gasteiger partial charge in [-0.25, -0.2) is 8.42 Å². The molecule has 2 aromatic rings. The van der Waals surface area contributed by atoms with E-state index in [0.717, 1.165) is 10.2 Å². The molecular weight excluding hydrogens is 422 g/mol. The summed E-state index contributed by atoms with van der Waals surface area (Å²) in [7, 11) is -0.343. The van der Waals surface area contributed by atoms with Crippen LogP contribution in [-0.4, -0.2) is 33.0 Å². The Labute approximate surface area is 161 Å². The first kappa shape index (κ1) is 23.4. The number of halogens is 1. The van der Waals surface area contributed by atoms with Crippen molar-refractivity contribution in [2.75, 3.05) is 19.0 Å². The van der Waals surface area contributed by atoms with Crippen molar-refractivity contribution in [3.8, 4) is 6.07 Å². The summed E-state index contributed by atoms with van der Waals surface area (Å²) in [4.78, 5) is 1.79. The molecule has 0 bridgehead atoms. The Kier molecular flexibility index (Phi) is 9.98. The summed E-state index contributed by atoms with van der Waals surface area (Å²) in [5, 5.41) is 13.1. The zero-order chi connectivity index (χ0) is 20.3. The molecule has 2 rings (SSSR count). The number of anilines is 1. The SMILES string of the molecule is CN(C)c1ccc(C#N)cc1.NC(N)=[NH2+].O=S(=O)([O-])c1ccc(Br)cc1. The summed E-state index contributed by atoms with van der Waals surface area (Å²) in [6, 6.07) is 15.1. The molecule has 26 heavy (non-hydrogen) atoms. The molecule has 2 aromatic carbocycles. The molecule has 10 heteroatoms. The second-order valence-electron chi connectivity index (χ2n) is 4.96. The maximum atomic E-state index is 10.4. The van der Waals surface area contributed by atoms with Gasteiger partial charge in [0.05, 0.1) is 16.5 Å². The van der Waals surface area contributed by atoms with Crippen LogP contribution in [0.5, 0.6) is 0 Å². The van der Waals surface area contributed by atoms with E-state index in [4.69, 9.17) is 5.26 Å². The monoisotopic (exact) mass is 441 g/mol. The first-order valence-corrected chi connectivity index (χ1v) is 9.19. The molecule has 0 heterocycles. The van der Waals surface area contributed by atoms with Crippen LogP contribution in [0.25, 0.3) is 0 Å². The number of hydrogen-bond donors (Lipinski definition) is 3. The van der Waals surface area contributed by atoms with Crippen LogP contribution in [0.4, 0.5) is 5.69 Å². The Bertz CT molecular complexity index is 841. The van der Waals surface area contributed by atoms with Gasteiger partial charge in [-0.15, -0.1) is 0 Å². The second kappa shape index (κ2) is 11.1. The molecule has 0 saturated carbocycles. The third-order valence-corrected chi connectivity index (χ3v) is 3.99. The molecule has 140 valence electrons. The number of hydrogen-bond acceptors (Lipinski definition) is 5. The summed E-state index contributed by atoms with van der Waals surface area (Å²) in [5.41, 5.74) is 11.0. The molecule has 6 N–H and O–H groups in total. The van der Waals surface area contributed by atoms with E-state index in [2.05, 4.69) is 38.9 Å². The Morgan fingerprint density at radius 2 is 1.54 bits per heavy atom. The van der Waals surface area contributed by atoms with E-state index < -0.39 is 10.1 Å². The lowest BCUT2D eigenvalue weighted by Crippen LogP contribution is -2.51. The normalized spacial score (nSPS) is 9.50. The lowest BCUT2D eigenvalue weighted by Gasteiger charge is -2.11. The minimum atomic E-state index is -4.29. The van der Waals surface area contributed by atoms with E-state index in [0.29, 0.717) is 5.56 Å². The summed E-state index contributed by atoms with van der Waals surface area (Å²) in [6.45, 7) is 0. The first-order chi connectivity index (χ1) is 12.0. The third-order valence-electron chi connectivity index (χ3n) is 2.62. The van der Waals surface area contributed by atoms with Crippen LogP contribution in [0.2, 0.25) is 0 Å². The van der Waals surface area contributed by atoms with Gasteiger partial charge in [0.25, 0.3) is 0 Å². The van der Waals surface area contributed by atoms with Gasteiger partial charge in [-0.1, -0.05) is 15.9 Å². The van der Waals surface area contributed by atoms with Crippen molar-refractivity contribution in [1.29, 1.82) is 5.26 Å². The largest absolute Gasteiger partial charge is 0.744 e. The molecule has 0 spiro atoms. The summed E-state index contributed by atoms with van der Waals surface area (Å²) < 4.78 is 31.9. The van der Waals surface area contributed by atoms with Gasteiger partial charge >= 0.3 is 5.96 Å². The molecule has 8 nitrogen and oxygen atoms in total. The molecule has 0 aliphatic heterocycles. The average molecular weight is 442 g/mol. The van der Waals surface area contributed by atoms with Gasteiger partial charge in [0.2, 0.25) is 0 Å². The van der Waals surface area contributed by atoms with Crippen molar-refractivity contribution in [3.05, 3.63) is 58.6 Å². The molecule has 0 fully saturated rings. The van der Waals surface area contributed by atoms with Crippen LogP contribution in [-0.2, 0) is 10.1 Å². The van der Waals surface area contributed by atoms with Crippen LogP contribution >= 0.6 is 15.9 Å². The van der Waals surface area contributed by atoms with Crippen molar-refractivity contribution in [1.82, 2.24) is 0 Å². The smallest absolute Gasteiger partial charge is 0.336 e. The highest BCUT2D eigenvalue weighted by molar-refractivity contribution is 9.10. The Hall–Kier alpha value is -2.61. The summed E-state index contributed by atoms with van der Waals surface area (Å²) >= 11 is 3.12. The van der Waals surface area contributed by atoms with Gasteiger partial charge in [0.15, 0.2) is 0 Å². The number of guanidine groups is 1. The summed E-state index contributed by atoms with van der Waals surface area (Å²) in [6.07, 6.45) is 0. The van der Waals surface area contributed by atoms with Crippen LogP contribution in [0.1, 0.15) is 5.56 Å². The minimum Gasteiger partial charge on any atom is -0.744 e. The van der Waals surface area contributed by atoms with Crippen LogP contribution < -0.4 is 21.8 Å². The van der Waals surface area contributed by atoms with E-state index in [1.165, 1.54) is 24.3 Å². The van der Waals surface area contributed by atoms with E-state index >= 15 is 0 Å². The highest BCUT2D eigenvalue weighted by Gasteiger charge is 1.98. The van der Waals surface area contributed by atoms with Crippen LogP contribution in [0, 0.1) is 11.3 Å². The van der Waals surface area contributed by atoms with Crippen molar-refractivity contribution < 1.29 is 18.4 Å². The van der Waals surface area contributed by atoms with E-state index in [-0.39, 0.29) is 10.9 Å². The maximum Gasteiger partial charge on any atom is 0.336 e. The zero-order valence-corrected chi connectivity index (χ0v) is 16.7. The maximum absolute atomic E-state index is 10.4. The van der Waals surface area contributed by atoms with Gasteiger partial charge < -0.3 is 9.45 Å². The predicted octanol–water partition coefficient (Wildman–Crippen LogP) is -0.00362. The fraction of sp³-hybridized carbons (Fsp3) is 0.125. The molecule has 0 amide bonds. The van der Waals surface area contributed by atoms with E-state index in [1.54, 1.807) is 0 Å². The van der Waals surface area contributed by atoms with Gasteiger partial charge in [-0.2, -0.15) is 5.26 Å². The molecule has 0 aliphatic rings. The standard InChI is InChI=1S/C9H10N2.C6H5BrO3S.CH5N3/c1-11(2)9-5-3-8(7-10)4-6-9;7-5-1-3-6(4-2-5)11(8,9)10;2-1(3)4/h3-6H,1-2H3;1-4H,(H,8,9,10);(H5,2,3,4). The van der Waals surface area contributed by atoms with E-state index in [9.17, 15) is 13.0 Å². The topological polar surface area (TPSA) is 162 Å². The molecule has 0 aromatic heterocycles. The molecule has 0 unspecified atom stereocenters. The van der Waals surface area contributed by atoms with Crippen molar-refractivity contribution in [2.45, 2.75) is 4.90 Å². The van der Waals surface area contributed by atoms with Crippen LogP contribution in [0.15, 0.2) is 57.9 Å². The first-order valence-electron chi connectivity index (χ1n) is 6.99. The molecule has 0 radical (unpaired) electrons. The zero-order valence-electron chi connectivity index (χ0n) is 14.3. The van der Waals surface area contributed by atoms with Gasteiger partial charge in [0.1, 0.15) is 10.1 Å². The quantitative estimate of drug-likeness (QED) is 0.335. The van der Waals surface area contributed by atoms with E-state index in [1.807, 2.05) is 43.3 Å². The third kappa shape index (κ3) is 10.3. The number of nitrogens with two attached hydrogens (primary N) is 3. The van der Waals surface area contributed by atoms with Gasteiger partial charge in [-0.3, -0.25) is 16.9 Å². The van der Waals surface area contributed by atoms with Crippen molar-refractivity contribution in [2.24, 2.45) is 11.5 Å². The average Bonchev–Trinajstić information content (AvgIpc) is 2.54. The number of nitrogens with zero attached hydrogens (tertiary/aromatic N) is 2. The fourth-order valence-electron chi connectivity index (χ4n) is 1.44. The lowest BCUT2D eigenvalue weighted by atomic mass is 10.2. The predicted molar refractivity (Wildman–Crippen MR) is 103 cm³/mol. The highest BCUT2D eigenvalue weighted by Crippen LogP contribution is 2.13. The van der Waals surface area contributed by atoms with Crippen molar-refractivity contribution >= 4 is 37.7 Å². The number of rotatable bonds is 2. The lowest BCUT2D eigenvalue weighted by molar-refractivity contribution is -0.116. The second-order valence-corrected chi connectivity index (χ2v) is 7.26. The highest BCUT2D eigenvalue weighted by atomic mass is 79.9. The number of benzene rings is 2. The van der Waals surface area contributed by atoms with Crippen LogP contribution in [0.3, 0.4) is 0 Å². The summed E-state index contributed by atoms with van der Waals surface area (Å²) in [5.74, 6) is -0.0833. The Morgan fingerprint density at radius 3 is 1.85 bits per heavy atom. The molecule has 0 saturated heterocycles. The molecule has 0 aliphatic carbocycles. The van der Waals surface area contributed by atoms with Gasteiger partial charge in [-0.05, 0) is 48.5 Å². The molecular formula is C16H20BrN5O3S.